The highest BCUT2D eigenvalue weighted by Crippen LogP contribution is 2.40. The Balaban J connectivity index is 2.40. The summed E-state index contributed by atoms with van der Waals surface area (Å²) in [4.78, 5) is 25.3. The Morgan fingerprint density at radius 3 is 2.84 bits per heavy atom. The molecule has 1 aliphatic heterocycles. The maximum atomic E-state index is 12.4. The molecule has 0 saturated carbocycles. The third kappa shape index (κ3) is 2.59. The van der Waals surface area contributed by atoms with Crippen LogP contribution >= 0.6 is 11.6 Å². The van der Waals surface area contributed by atoms with Crippen molar-refractivity contribution in [2.24, 2.45) is 0 Å². The Kier molecular flexibility index (Phi) is 4.10. The Bertz CT molecular complexity index is 516. The van der Waals surface area contributed by atoms with E-state index < -0.39 is 6.04 Å². The zero-order chi connectivity index (χ0) is 14.0. The second-order valence-corrected chi connectivity index (χ2v) is 5.06. The minimum Gasteiger partial charge on any atom is -0.341 e. The van der Waals surface area contributed by atoms with E-state index in [2.05, 4.69) is 12.2 Å². The fourth-order valence-corrected chi connectivity index (χ4v) is 2.61. The Morgan fingerprint density at radius 1 is 1.47 bits per heavy atom. The van der Waals surface area contributed by atoms with Gasteiger partial charge in [0.2, 0.25) is 5.91 Å². The number of nitrogens with zero attached hydrogens (tertiary/aromatic N) is 1. The molecule has 1 N–H and O–H groups in total. The first-order valence-corrected chi connectivity index (χ1v) is 6.81. The highest BCUT2D eigenvalue weighted by molar-refractivity contribution is 6.34. The van der Waals surface area contributed by atoms with E-state index in [0.717, 1.165) is 24.1 Å². The molecule has 0 radical (unpaired) electrons. The normalized spacial score (nSPS) is 17.5. The third-order valence-corrected chi connectivity index (χ3v) is 3.50. The van der Waals surface area contributed by atoms with Gasteiger partial charge >= 0.3 is 0 Å². The van der Waals surface area contributed by atoms with Crippen molar-refractivity contribution in [2.75, 3.05) is 11.4 Å². The van der Waals surface area contributed by atoms with E-state index in [1.807, 2.05) is 6.07 Å². The second kappa shape index (κ2) is 5.61. The first-order valence-electron chi connectivity index (χ1n) is 6.43. The van der Waals surface area contributed by atoms with E-state index in [9.17, 15) is 9.59 Å². The van der Waals surface area contributed by atoms with Crippen LogP contribution in [0.3, 0.4) is 0 Å². The summed E-state index contributed by atoms with van der Waals surface area (Å²) in [5.74, 6) is -0.326. The molecule has 0 spiro atoms. The number of nitrogens with one attached hydrogen (secondary N) is 1. The molecule has 2 rings (SSSR count). The number of unbranched alkanes of at least 4 members (excludes halogenated alkanes) is 1. The molecule has 2 amide bonds. The summed E-state index contributed by atoms with van der Waals surface area (Å²) < 4.78 is 0. The van der Waals surface area contributed by atoms with Gasteiger partial charge in [0.1, 0.15) is 6.04 Å². The first-order chi connectivity index (χ1) is 9.06. The van der Waals surface area contributed by atoms with Gasteiger partial charge in [-0.2, -0.15) is 0 Å². The number of amides is 2. The van der Waals surface area contributed by atoms with Crippen molar-refractivity contribution in [2.45, 2.75) is 32.7 Å². The number of halogens is 1. The van der Waals surface area contributed by atoms with E-state index in [1.165, 1.54) is 6.92 Å². The molecule has 1 aromatic carbocycles. The van der Waals surface area contributed by atoms with E-state index in [1.54, 1.807) is 17.0 Å². The van der Waals surface area contributed by atoms with Gasteiger partial charge in [0.25, 0.3) is 5.91 Å². The van der Waals surface area contributed by atoms with Crippen molar-refractivity contribution in [1.82, 2.24) is 5.32 Å². The lowest BCUT2D eigenvalue weighted by Gasteiger charge is -2.18. The minimum atomic E-state index is -0.608. The molecule has 19 heavy (non-hydrogen) atoms. The Morgan fingerprint density at radius 2 is 2.21 bits per heavy atom. The molecular formula is C14H17ClN2O2. The van der Waals surface area contributed by atoms with Crippen LogP contribution in [-0.2, 0) is 9.59 Å². The molecule has 5 heteroatoms. The van der Waals surface area contributed by atoms with Crippen molar-refractivity contribution >= 4 is 29.1 Å². The monoisotopic (exact) mass is 280 g/mol. The lowest BCUT2D eigenvalue weighted by atomic mass is 10.1. The van der Waals surface area contributed by atoms with Gasteiger partial charge in [0, 0.05) is 19.0 Å². The van der Waals surface area contributed by atoms with E-state index in [4.69, 9.17) is 11.6 Å². The number of carbonyl (C=O) groups excluding carboxylic acids is 2. The second-order valence-electron chi connectivity index (χ2n) is 4.65. The van der Waals surface area contributed by atoms with Crippen LogP contribution in [0, 0.1) is 0 Å². The molecule has 0 aromatic heterocycles. The van der Waals surface area contributed by atoms with Crippen LogP contribution < -0.4 is 10.2 Å². The number of hydrogen-bond donors (Lipinski definition) is 1. The average Bonchev–Trinajstić information content (AvgIpc) is 2.62. The quantitative estimate of drug-likeness (QED) is 0.922. The summed E-state index contributed by atoms with van der Waals surface area (Å²) in [6, 6.07) is 4.80. The Hall–Kier alpha value is -1.55. The summed E-state index contributed by atoms with van der Waals surface area (Å²) in [6.07, 6.45) is 1.90. The van der Waals surface area contributed by atoms with Gasteiger partial charge in [-0.1, -0.05) is 37.1 Å². The number of anilines is 1. The average molecular weight is 281 g/mol. The predicted molar refractivity (Wildman–Crippen MR) is 75.3 cm³/mol. The standard InChI is InChI=1S/C14H17ClN2O2/c1-3-4-8-17-13-10(6-5-7-11(13)15)12(14(17)19)16-9(2)18/h5-7,12H,3-4,8H2,1-2H3,(H,16,18)/t12-/m0/s1. The summed E-state index contributed by atoms with van der Waals surface area (Å²) >= 11 is 6.20. The van der Waals surface area contributed by atoms with Crippen molar-refractivity contribution in [3.8, 4) is 0 Å². The molecule has 1 heterocycles. The molecule has 1 aromatic rings. The number of hydrogen-bond acceptors (Lipinski definition) is 2. The van der Waals surface area contributed by atoms with Gasteiger partial charge in [-0.25, -0.2) is 0 Å². The fraction of sp³-hybridized carbons (Fsp3) is 0.429. The van der Waals surface area contributed by atoms with Crippen molar-refractivity contribution in [1.29, 1.82) is 0 Å². The van der Waals surface area contributed by atoms with Crippen LogP contribution in [0.15, 0.2) is 18.2 Å². The summed E-state index contributed by atoms with van der Waals surface area (Å²) in [6.45, 7) is 4.10. The first kappa shape index (κ1) is 13.9. The van der Waals surface area contributed by atoms with Gasteiger partial charge in [-0.05, 0) is 12.5 Å². The zero-order valence-electron chi connectivity index (χ0n) is 11.1. The minimum absolute atomic E-state index is 0.105. The predicted octanol–water partition coefficient (Wildman–Crippen LogP) is 2.66. The lowest BCUT2D eigenvalue weighted by Crippen LogP contribution is -2.37. The number of benzene rings is 1. The molecule has 0 aliphatic carbocycles. The Labute approximate surface area is 117 Å². The molecule has 0 unspecified atom stereocenters. The van der Waals surface area contributed by atoms with Gasteiger partial charge in [-0.15, -0.1) is 0 Å². The van der Waals surface area contributed by atoms with Crippen molar-refractivity contribution in [3.05, 3.63) is 28.8 Å². The van der Waals surface area contributed by atoms with Gasteiger partial charge in [-0.3, -0.25) is 9.59 Å². The van der Waals surface area contributed by atoms with Crippen LogP contribution in [0.1, 0.15) is 38.3 Å². The summed E-state index contributed by atoms with van der Waals surface area (Å²) in [7, 11) is 0. The SMILES string of the molecule is CCCCN1C(=O)[C@@H](NC(C)=O)c2cccc(Cl)c21. The maximum absolute atomic E-state index is 12.4. The summed E-state index contributed by atoms with van der Waals surface area (Å²) in [5, 5.41) is 3.24. The molecule has 0 fully saturated rings. The molecule has 0 bridgehead atoms. The topological polar surface area (TPSA) is 49.4 Å². The van der Waals surface area contributed by atoms with Crippen LogP contribution in [0.5, 0.6) is 0 Å². The molecule has 0 saturated heterocycles. The number of fused-ring (bicyclic) bond motifs is 1. The lowest BCUT2D eigenvalue weighted by molar-refractivity contribution is -0.126. The highest BCUT2D eigenvalue weighted by atomic mass is 35.5. The number of carbonyl (C=O) groups is 2. The molecule has 1 aliphatic rings. The molecule has 1 atom stereocenters. The highest BCUT2D eigenvalue weighted by Gasteiger charge is 2.38. The summed E-state index contributed by atoms with van der Waals surface area (Å²) in [5.41, 5.74) is 1.52. The molecule has 102 valence electrons. The van der Waals surface area contributed by atoms with E-state index in [0.29, 0.717) is 11.6 Å². The van der Waals surface area contributed by atoms with Gasteiger partial charge < -0.3 is 10.2 Å². The van der Waals surface area contributed by atoms with E-state index in [-0.39, 0.29) is 11.8 Å². The maximum Gasteiger partial charge on any atom is 0.254 e. The fourth-order valence-electron chi connectivity index (χ4n) is 2.33. The van der Waals surface area contributed by atoms with Gasteiger partial charge in [0.15, 0.2) is 0 Å². The number of rotatable bonds is 4. The van der Waals surface area contributed by atoms with Crippen LogP contribution in [0.4, 0.5) is 5.69 Å². The third-order valence-electron chi connectivity index (χ3n) is 3.19. The van der Waals surface area contributed by atoms with Crippen LogP contribution in [0.25, 0.3) is 0 Å². The smallest absolute Gasteiger partial charge is 0.254 e. The van der Waals surface area contributed by atoms with E-state index >= 15 is 0 Å². The van der Waals surface area contributed by atoms with Gasteiger partial charge in [0.05, 0.1) is 10.7 Å². The molecular weight excluding hydrogens is 264 g/mol. The zero-order valence-corrected chi connectivity index (χ0v) is 11.8. The molecule has 4 nitrogen and oxygen atoms in total. The van der Waals surface area contributed by atoms with Crippen molar-refractivity contribution in [3.63, 3.8) is 0 Å². The van der Waals surface area contributed by atoms with Crippen LogP contribution in [0.2, 0.25) is 5.02 Å². The van der Waals surface area contributed by atoms with Crippen molar-refractivity contribution < 1.29 is 9.59 Å². The largest absolute Gasteiger partial charge is 0.341 e. The van der Waals surface area contributed by atoms with Crippen LogP contribution in [-0.4, -0.2) is 18.4 Å². The number of para-hydroxylation sites is 1.